The molecule has 0 saturated heterocycles. The summed E-state index contributed by atoms with van der Waals surface area (Å²) >= 11 is 0. The van der Waals surface area contributed by atoms with Gasteiger partial charge in [-0.15, -0.1) is 0 Å². The van der Waals surface area contributed by atoms with Gasteiger partial charge in [-0.3, -0.25) is 0 Å². The fourth-order valence-electron chi connectivity index (χ4n) is 2.60. The SMILES string of the molecule is CCC(NC(CO)c1cccc(OC)c1)c1ccc(C)cc1. The Labute approximate surface area is 133 Å². The highest BCUT2D eigenvalue weighted by Gasteiger charge is 2.17. The molecule has 2 atom stereocenters. The molecule has 3 heteroatoms. The van der Waals surface area contributed by atoms with Crippen LogP contribution in [0.4, 0.5) is 0 Å². The molecule has 2 unspecified atom stereocenters. The van der Waals surface area contributed by atoms with Gasteiger partial charge in [0.05, 0.1) is 19.8 Å². The van der Waals surface area contributed by atoms with Gasteiger partial charge in [0, 0.05) is 6.04 Å². The van der Waals surface area contributed by atoms with E-state index in [1.165, 1.54) is 11.1 Å². The van der Waals surface area contributed by atoms with Crippen LogP contribution in [0.15, 0.2) is 48.5 Å². The normalized spacial score (nSPS) is 13.6. The molecule has 0 fully saturated rings. The fourth-order valence-corrected chi connectivity index (χ4v) is 2.60. The number of rotatable bonds is 7. The molecule has 0 aliphatic heterocycles. The zero-order valence-corrected chi connectivity index (χ0v) is 13.5. The molecule has 0 aromatic heterocycles. The molecule has 22 heavy (non-hydrogen) atoms. The number of benzene rings is 2. The lowest BCUT2D eigenvalue weighted by Crippen LogP contribution is -2.28. The Morgan fingerprint density at radius 3 is 2.36 bits per heavy atom. The third kappa shape index (κ3) is 4.09. The summed E-state index contributed by atoms with van der Waals surface area (Å²) in [5.74, 6) is 0.807. The Hall–Kier alpha value is -1.84. The molecular formula is C19H25NO2. The van der Waals surface area contributed by atoms with Gasteiger partial charge >= 0.3 is 0 Å². The second-order valence-corrected chi connectivity index (χ2v) is 5.55. The molecule has 0 amide bonds. The van der Waals surface area contributed by atoms with E-state index in [9.17, 15) is 5.11 Å². The summed E-state index contributed by atoms with van der Waals surface area (Å²) < 4.78 is 5.27. The third-order valence-corrected chi connectivity index (χ3v) is 3.97. The molecular weight excluding hydrogens is 274 g/mol. The van der Waals surface area contributed by atoms with Crippen molar-refractivity contribution in [2.45, 2.75) is 32.4 Å². The second-order valence-electron chi connectivity index (χ2n) is 5.55. The molecule has 2 N–H and O–H groups in total. The average Bonchev–Trinajstić information content (AvgIpc) is 2.57. The summed E-state index contributed by atoms with van der Waals surface area (Å²) in [6, 6.07) is 16.5. The minimum absolute atomic E-state index is 0.0511. The largest absolute Gasteiger partial charge is 0.497 e. The molecule has 0 aliphatic rings. The second kappa shape index (κ2) is 7.97. The summed E-state index contributed by atoms with van der Waals surface area (Å²) in [6.45, 7) is 4.29. The maximum Gasteiger partial charge on any atom is 0.119 e. The molecule has 0 spiro atoms. The van der Waals surface area contributed by atoms with Gasteiger partial charge in [0.1, 0.15) is 5.75 Å². The van der Waals surface area contributed by atoms with Gasteiger partial charge < -0.3 is 15.2 Å². The first-order chi connectivity index (χ1) is 10.7. The lowest BCUT2D eigenvalue weighted by Gasteiger charge is -2.25. The maximum absolute atomic E-state index is 9.78. The van der Waals surface area contributed by atoms with E-state index in [1.54, 1.807) is 7.11 Å². The first kappa shape index (κ1) is 16.5. The number of hydrogen-bond acceptors (Lipinski definition) is 3. The van der Waals surface area contributed by atoms with Crippen LogP contribution in [0.25, 0.3) is 0 Å². The molecule has 2 aromatic rings. The third-order valence-electron chi connectivity index (χ3n) is 3.97. The van der Waals surface area contributed by atoms with E-state index in [4.69, 9.17) is 4.74 Å². The minimum Gasteiger partial charge on any atom is -0.497 e. The van der Waals surface area contributed by atoms with Crippen molar-refractivity contribution in [3.05, 3.63) is 65.2 Å². The van der Waals surface area contributed by atoms with Gasteiger partial charge in [-0.05, 0) is 36.6 Å². The van der Waals surface area contributed by atoms with Gasteiger partial charge in [0.25, 0.3) is 0 Å². The Balaban J connectivity index is 2.17. The first-order valence-corrected chi connectivity index (χ1v) is 7.75. The van der Waals surface area contributed by atoms with Crippen LogP contribution in [0.1, 0.15) is 42.1 Å². The Morgan fingerprint density at radius 1 is 1.05 bits per heavy atom. The topological polar surface area (TPSA) is 41.5 Å². The number of aliphatic hydroxyl groups is 1. The van der Waals surface area contributed by atoms with Crippen LogP contribution >= 0.6 is 0 Å². The van der Waals surface area contributed by atoms with Crippen molar-refractivity contribution >= 4 is 0 Å². The molecule has 0 heterocycles. The molecule has 118 valence electrons. The van der Waals surface area contributed by atoms with Crippen molar-refractivity contribution in [2.24, 2.45) is 0 Å². The predicted octanol–water partition coefficient (Wildman–Crippen LogP) is 3.78. The summed E-state index contributed by atoms with van der Waals surface area (Å²) in [5.41, 5.74) is 3.53. The van der Waals surface area contributed by atoms with E-state index < -0.39 is 0 Å². The molecule has 2 rings (SSSR count). The molecule has 0 radical (unpaired) electrons. The van der Waals surface area contributed by atoms with Gasteiger partial charge in [-0.25, -0.2) is 0 Å². The minimum atomic E-state index is -0.110. The summed E-state index contributed by atoms with van der Waals surface area (Å²) in [7, 11) is 1.65. The van der Waals surface area contributed by atoms with Crippen molar-refractivity contribution in [3.8, 4) is 5.75 Å². The molecule has 3 nitrogen and oxygen atoms in total. The van der Waals surface area contributed by atoms with Gasteiger partial charge in [-0.2, -0.15) is 0 Å². The molecule has 0 saturated carbocycles. The van der Waals surface area contributed by atoms with E-state index in [1.807, 2.05) is 24.3 Å². The number of aryl methyl sites for hydroxylation is 1. The Kier molecular flexibility index (Phi) is 5.99. The molecule has 0 bridgehead atoms. The van der Waals surface area contributed by atoms with E-state index in [-0.39, 0.29) is 18.7 Å². The quantitative estimate of drug-likeness (QED) is 0.817. The zero-order valence-electron chi connectivity index (χ0n) is 13.5. The smallest absolute Gasteiger partial charge is 0.119 e. The summed E-state index contributed by atoms with van der Waals surface area (Å²) in [5, 5.41) is 13.3. The van der Waals surface area contributed by atoms with E-state index in [2.05, 4.69) is 43.4 Å². The summed E-state index contributed by atoms with van der Waals surface area (Å²) in [4.78, 5) is 0. The lowest BCUT2D eigenvalue weighted by molar-refractivity contribution is 0.231. The standard InChI is InChI=1S/C19H25NO2/c1-4-18(15-10-8-14(2)9-11-15)20-19(13-21)16-6-5-7-17(12-16)22-3/h5-12,18-21H,4,13H2,1-3H3. The number of ether oxygens (including phenoxy) is 1. The number of aliphatic hydroxyl groups excluding tert-OH is 1. The van der Waals surface area contributed by atoms with Crippen LogP contribution in [0, 0.1) is 6.92 Å². The van der Waals surface area contributed by atoms with Crippen LogP contribution in [0.2, 0.25) is 0 Å². The lowest BCUT2D eigenvalue weighted by atomic mass is 10.00. The van der Waals surface area contributed by atoms with Gasteiger partial charge in [0.2, 0.25) is 0 Å². The molecule has 0 aliphatic carbocycles. The van der Waals surface area contributed by atoms with Crippen LogP contribution < -0.4 is 10.1 Å². The van der Waals surface area contributed by atoms with Crippen molar-refractivity contribution in [1.82, 2.24) is 5.32 Å². The Morgan fingerprint density at radius 2 is 1.77 bits per heavy atom. The summed E-state index contributed by atoms with van der Waals surface area (Å²) in [6.07, 6.45) is 0.962. The zero-order chi connectivity index (χ0) is 15.9. The number of hydrogen-bond donors (Lipinski definition) is 2. The number of nitrogens with one attached hydrogen (secondary N) is 1. The van der Waals surface area contributed by atoms with Crippen LogP contribution in [-0.2, 0) is 0 Å². The first-order valence-electron chi connectivity index (χ1n) is 7.75. The van der Waals surface area contributed by atoms with E-state index >= 15 is 0 Å². The van der Waals surface area contributed by atoms with Crippen LogP contribution in [-0.4, -0.2) is 18.8 Å². The fraction of sp³-hybridized carbons (Fsp3) is 0.368. The highest BCUT2D eigenvalue weighted by molar-refractivity contribution is 5.31. The maximum atomic E-state index is 9.78. The Bertz CT molecular complexity index is 580. The van der Waals surface area contributed by atoms with Crippen LogP contribution in [0.3, 0.4) is 0 Å². The monoisotopic (exact) mass is 299 g/mol. The van der Waals surface area contributed by atoms with Crippen LogP contribution in [0.5, 0.6) is 5.75 Å². The van der Waals surface area contributed by atoms with E-state index in [0.29, 0.717) is 0 Å². The van der Waals surface area contributed by atoms with E-state index in [0.717, 1.165) is 17.7 Å². The van der Waals surface area contributed by atoms with Crippen molar-refractivity contribution in [1.29, 1.82) is 0 Å². The highest BCUT2D eigenvalue weighted by Crippen LogP contribution is 2.24. The molecule has 2 aromatic carbocycles. The van der Waals surface area contributed by atoms with Crippen molar-refractivity contribution in [3.63, 3.8) is 0 Å². The van der Waals surface area contributed by atoms with Crippen molar-refractivity contribution in [2.75, 3.05) is 13.7 Å². The number of methoxy groups -OCH3 is 1. The predicted molar refractivity (Wildman–Crippen MR) is 90.2 cm³/mol. The highest BCUT2D eigenvalue weighted by atomic mass is 16.5. The van der Waals surface area contributed by atoms with Gasteiger partial charge in [-0.1, -0.05) is 48.9 Å². The van der Waals surface area contributed by atoms with Gasteiger partial charge in [0.15, 0.2) is 0 Å². The van der Waals surface area contributed by atoms with Crippen molar-refractivity contribution < 1.29 is 9.84 Å². The average molecular weight is 299 g/mol.